The number of aromatic nitrogens is 1. The highest BCUT2D eigenvalue weighted by atomic mass is 16.6. The Morgan fingerprint density at radius 1 is 0.947 bits per heavy atom. The molecule has 0 saturated carbocycles. The summed E-state index contributed by atoms with van der Waals surface area (Å²) in [5.74, 6) is -0.125. The molecule has 1 aromatic carbocycles. The predicted molar refractivity (Wildman–Crippen MR) is 145 cm³/mol. The molecule has 1 aliphatic heterocycles. The van der Waals surface area contributed by atoms with Crippen molar-refractivity contribution in [2.75, 3.05) is 37.6 Å². The van der Waals surface area contributed by atoms with Gasteiger partial charge < -0.3 is 29.9 Å². The number of hydrogen-bond acceptors (Lipinski definition) is 7. The fraction of sp³-hybridized carbons (Fsp3) is 0.500. The summed E-state index contributed by atoms with van der Waals surface area (Å²) in [5, 5.41) is 5.50. The van der Waals surface area contributed by atoms with Gasteiger partial charge >= 0.3 is 12.2 Å². The Kier molecular flexibility index (Phi) is 10.7. The molecule has 0 aliphatic carbocycles. The Morgan fingerprint density at radius 3 is 2.29 bits per heavy atom. The maximum absolute atomic E-state index is 13.4. The zero-order valence-corrected chi connectivity index (χ0v) is 22.5. The summed E-state index contributed by atoms with van der Waals surface area (Å²) in [6, 6.07) is 12.7. The van der Waals surface area contributed by atoms with Gasteiger partial charge in [-0.1, -0.05) is 30.3 Å². The van der Waals surface area contributed by atoms with E-state index in [2.05, 4.69) is 20.5 Å². The average Bonchev–Trinajstić information content (AvgIpc) is 2.91. The third kappa shape index (κ3) is 9.91. The summed E-state index contributed by atoms with van der Waals surface area (Å²) in [6.07, 6.45) is 4.10. The second kappa shape index (κ2) is 14.2. The predicted octanol–water partition coefficient (Wildman–Crippen LogP) is 3.72. The van der Waals surface area contributed by atoms with Gasteiger partial charge in [0.05, 0.1) is 0 Å². The van der Waals surface area contributed by atoms with Crippen molar-refractivity contribution in [2.24, 2.45) is 0 Å². The normalized spacial score (nSPS) is 14.4. The maximum atomic E-state index is 13.4. The second-order valence-corrected chi connectivity index (χ2v) is 10.2. The SMILES string of the molecule is CC(C)(C)OC(=O)NC(CCCCNC(=O)OCc1ccccc1)C(=O)N1CCN(c2ccncc2)CC1. The van der Waals surface area contributed by atoms with Gasteiger partial charge in [0.15, 0.2) is 0 Å². The van der Waals surface area contributed by atoms with Crippen LogP contribution in [0.1, 0.15) is 45.6 Å². The topological polar surface area (TPSA) is 113 Å². The van der Waals surface area contributed by atoms with Crippen LogP contribution in [0.4, 0.5) is 15.3 Å². The van der Waals surface area contributed by atoms with Crippen LogP contribution in [-0.2, 0) is 20.9 Å². The molecular weight excluding hydrogens is 486 g/mol. The van der Waals surface area contributed by atoms with E-state index in [9.17, 15) is 14.4 Å². The van der Waals surface area contributed by atoms with Crippen LogP contribution < -0.4 is 15.5 Å². The molecule has 10 heteroatoms. The molecule has 1 aliphatic rings. The van der Waals surface area contributed by atoms with Crippen LogP contribution in [0.25, 0.3) is 0 Å². The molecule has 2 heterocycles. The fourth-order valence-corrected chi connectivity index (χ4v) is 4.11. The molecule has 3 amide bonds. The van der Waals surface area contributed by atoms with Crippen LogP contribution in [0.15, 0.2) is 54.9 Å². The van der Waals surface area contributed by atoms with Gasteiger partial charge in [0.1, 0.15) is 18.2 Å². The molecule has 2 N–H and O–H groups in total. The molecule has 10 nitrogen and oxygen atoms in total. The van der Waals surface area contributed by atoms with Gasteiger partial charge in [-0.15, -0.1) is 0 Å². The summed E-state index contributed by atoms with van der Waals surface area (Å²) in [6.45, 7) is 8.47. The summed E-state index contributed by atoms with van der Waals surface area (Å²) in [7, 11) is 0. The van der Waals surface area contributed by atoms with E-state index in [1.54, 1.807) is 38.1 Å². The lowest BCUT2D eigenvalue weighted by Gasteiger charge is -2.37. The molecular formula is C28H39N5O5. The Morgan fingerprint density at radius 2 is 1.63 bits per heavy atom. The molecule has 1 fully saturated rings. The molecule has 2 aromatic rings. The van der Waals surface area contributed by atoms with Crippen LogP contribution in [0, 0.1) is 0 Å². The number of amides is 3. The number of carbonyl (C=O) groups excluding carboxylic acids is 3. The molecule has 1 atom stereocenters. The Labute approximate surface area is 224 Å². The van der Waals surface area contributed by atoms with E-state index >= 15 is 0 Å². The van der Waals surface area contributed by atoms with Crippen molar-refractivity contribution in [3.05, 3.63) is 60.4 Å². The van der Waals surface area contributed by atoms with E-state index in [4.69, 9.17) is 9.47 Å². The van der Waals surface area contributed by atoms with E-state index in [0.29, 0.717) is 52.0 Å². The number of rotatable bonds is 10. The summed E-state index contributed by atoms with van der Waals surface area (Å²) < 4.78 is 10.6. The lowest BCUT2D eigenvalue weighted by Crippen LogP contribution is -2.55. The van der Waals surface area contributed by atoms with Crippen LogP contribution in [0.2, 0.25) is 0 Å². The Hall–Kier alpha value is -3.82. The van der Waals surface area contributed by atoms with Gasteiger partial charge in [-0.25, -0.2) is 9.59 Å². The van der Waals surface area contributed by atoms with Crippen molar-refractivity contribution in [2.45, 2.75) is 58.3 Å². The number of ether oxygens (including phenoxy) is 2. The number of hydrogen-bond donors (Lipinski definition) is 2. The lowest BCUT2D eigenvalue weighted by molar-refractivity contribution is -0.134. The first-order valence-electron chi connectivity index (χ1n) is 13.1. The number of benzene rings is 1. The number of nitrogens with zero attached hydrogens (tertiary/aromatic N) is 3. The minimum atomic E-state index is -0.706. The van der Waals surface area contributed by atoms with Crippen molar-refractivity contribution in [3.63, 3.8) is 0 Å². The first-order valence-corrected chi connectivity index (χ1v) is 13.1. The Bertz CT molecular complexity index is 1020. The van der Waals surface area contributed by atoms with E-state index in [0.717, 1.165) is 11.3 Å². The second-order valence-electron chi connectivity index (χ2n) is 10.2. The first-order chi connectivity index (χ1) is 18.2. The maximum Gasteiger partial charge on any atom is 0.408 e. The number of unbranched alkanes of at least 4 members (excludes halogenated alkanes) is 1. The zero-order chi connectivity index (χ0) is 27.4. The molecule has 3 rings (SSSR count). The van der Waals surface area contributed by atoms with E-state index in [-0.39, 0.29) is 12.5 Å². The van der Waals surface area contributed by atoms with Gasteiger partial charge in [-0.2, -0.15) is 0 Å². The standard InChI is InChI=1S/C28H39N5O5/c1-28(2,3)38-27(36)31-24(11-7-8-14-30-26(35)37-21-22-9-5-4-6-10-22)25(34)33-19-17-32(18-20-33)23-12-15-29-16-13-23/h4-6,9-10,12-13,15-16,24H,7-8,11,14,17-21H2,1-3H3,(H,30,35)(H,31,36). The molecule has 0 radical (unpaired) electrons. The molecule has 1 aromatic heterocycles. The van der Waals surface area contributed by atoms with Gasteiger partial charge in [0.2, 0.25) is 5.91 Å². The molecule has 0 spiro atoms. The highest BCUT2D eigenvalue weighted by Crippen LogP contribution is 2.16. The highest BCUT2D eigenvalue weighted by molar-refractivity contribution is 5.86. The van der Waals surface area contributed by atoms with Crippen LogP contribution >= 0.6 is 0 Å². The van der Waals surface area contributed by atoms with E-state index in [1.807, 2.05) is 42.5 Å². The van der Waals surface area contributed by atoms with Gasteiger partial charge in [0.25, 0.3) is 0 Å². The minimum absolute atomic E-state index is 0.125. The summed E-state index contributed by atoms with van der Waals surface area (Å²) in [5.41, 5.74) is 1.32. The summed E-state index contributed by atoms with van der Waals surface area (Å²) in [4.78, 5) is 45.9. The van der Waals surface area contributed by atoms with E-state index in [1.165, 1.54) is 0 Å². The van der Waals surface area contributed by atoms with Crippen LogP contribution in [-0.4, -0.2) is 72.3 Å². The summed E-state index contributed by atoms with van der Waals surface area (Å²) >= 11 is 0. The largest absolute Gasteiger partial charge is 0.445 e. The molecule has 206 valence electrons. The van der Waals surface area contributed by atoms with Crippen molar-refractivity contribution < 1.29 is 23.9 Å². The van der Waals surface area contributed by atoms with Crippen LogP contribution in [0.5, 0.6) is 0 Å². The number of anilines is 1. The number of alkyl carbamates (subject to hydrolysis) is 2. The zero-order valence-electron chi connectivity index (χ0n) is 22.5. The fourth-order valence-electron chi connectivity index (χ4n) is 4.11. The lowest BCUT2D eigenvalue weighted by atomic mass is 10.1. The van der Waals surface area contributed by atoms with Crippen molar-refractivity contribution in [1.82, 2.24) is 20.5 Å². The van der Waals surface area contributed by atoms with Crippen molar-refractivity contribution >= 4 is 23.8 Å². The van der Waals surface area contributed by atoms with Crippen molar-refractivity contribution in [1.29, 1.82) is 0 Å². The average molecular weight is 526 g/mol. The third-order valence-corrected chi connectivity index (χ3v) is 6.01. The quantitative estimate of drug-likeness (QED) is 0.455. The third-order valence-electron chi connectivity index (χ3n) is 6.01. The number of piperazine rings is 1. The number of pyridine rings is 1. The number of nitrogens with one attached hydrogen (secondary N) is 2. The molecule has 38 heavy (non-hydrogen) atoms. The molecule has 1 saturated heterocycles. The first kappa shape index (κ1) is 28.7. The number of carbonyl (C=O) groups is 3. The molecule has 0 bridgehead atoms. The molecule has 1 unspecified atom stereocenters. The van der Waals surface area contributed by atoms with Gasteiger partial charge in [-0.3, -0.25) is 9.78 Å². The van der Waals surface area contributed by atoms with Crippen molar-refractivity contribution in [3.8, 4) is 0 Å². The van der Waals surface area contributed by atoms with Gasteiger partial charge in [-0.05, 0) is 57.7 Å². The monoisotopic (exact) mass is 525 g/mol. The smallest absolute Gasteiger partial charge is 0.408 e. The minimum Gasteiger partial charge on any atom is -0.445 e. The van der Waals surface area contributed by atoms with E-state index < -0.39 is 23.8 Å². The van der Waals surface area contributed by atoms with Crippen LogP contribution in [0.3, 0.4) is 0 Å². The van der Waals surface area contributed by atoms with Gasteiger partial charge in [0, 0.05) is 50.8 Å². The Balaban J connectivity index is 1.46. The highest BCUT2D eigenvalue weighted by Gasteiger charge is 2.30.